The Labute approximate surface area is 239 Å². The smallest absolute Gasteiger partial charge is 0.303 e. The lowest BCUT2D eigenvalue weighted by atomic mass is 9.98. The first-order valence-electron chi connectivity index (χ1n) is 13.5. The number of aryl methyl sites for hydroxylation is 1. The maximum Gasteiger partial charge on any atom is 0.303 e. The molecule has 41 heavy (non-hydrogen) atoms. The molecule has 0 fully saturated rings. The Bertz CT molecular complexity index is 1500. The van der Waals surface area contributed by atoms with Crippen LogP contribution >= 0.6 is 0 Å². The van der Waals surface area contributed by atoms with Crippen LogP contribution < -0.4 is 15.0 Å². The van der Waals surface area contributed by atoms with Gasteiger partial charge in [-0.15, -0.1) is 0 Å². The molecule has 1 aromatic heterocycles. The molecule has 1 heterocycles. The lowest BCUT2D eigenvalue weighted by molar-refractivity contribution is -0.137. The Hall–Kier alpha value is -4.98. The van der Waals surface area contributed by atoms with Crippen molar-refractivity contribution >= 4 is 29.3 Å². The van der Waals surface area contributed by atoms with Crippen LogP contribution in [0.1, 0.15) is 52.0 Å². The highest BCUT2D eigenvalue weighted by Crippen LogP contribution is 2.27. The van der Waals surface area contributed by atoms with E-state index in [9.17, 15) is 14.4 Å². The first kappa shape index (κ1) is 29.0. The topological polar surface area (TPSA) is 109 Å². The summed E-state index contributed by atoms with van der Waals surface area (Å²) in [6.07, 6.45) is 3.75. The van der Waals surface area contributed by atoms with Crippen LogP contribution in [0, 0.1) is 6.92 Å². The van der Waals surface area contributed by atoms with Gasteiger partial charge in [-0.3, -0.25) is 19.3 Å². The minimum absolute atomic E-state index is 0.137. The normalized spacial score (nSPS) is 10.6. The van der Waals surface area contributed by atoms with Crippen molar-refractivity contribution in [3.8, 4) is 16.9 Å². The number of hydrogen-bond donors (Lipinski definition) is 2. The van der Waals surface area contributed by atoms with Gasteiger partial charge in [0.2, 0.25) is 0 Å². The molecule has 0 saturated heterocycles. The Morgan fingerprint density at radius 1 is 0.878 bits per heavy atom. The second-order valence-electron chi connectivity index (χ2n) is 9.69. The van der Waals surface area contributed by atoms with Crippen LogP contribution in [0.25, 0.3) is 11.1 Å². The number of pyridine rings is 1. The average Bonchev–Trinajstić information content (AvgIpc) is 2.99. The minimum Gasteiger partial charge on any atom is -0.490 e. The summed E-state index contributed by atoms with van der Waals surface area (Å²) in [5.74, 6) is -0.474. The Balaban J connectivity index is 1.40. The zero-order valence-electron chi connectivity index (χ0n) is 23.2. The van der Waals surface area contributed by atoms with E-state index in [-0.39, 0.29) is 18.2 Å². The van der Waals surface area contributed by atoms with Crippen LogP contribution in [0.4, 0.5) is 11.5 Å². The summed E-state index contributed by atoms with van der Waals surface area (Å²) in [5.41, 5.74) is 4.50. The maximum atomic E-state index is 13.2. The third-order valence-corrected chi connectivity index (χ3v) is 6.59. The summed E-state index contributed by atoms with van der Waals surface area (Å²) in [7, 11) is 1.63. The highest BCUT2D eigenvalue weighted by molar-refractivity contribution is 6.09. The molecule has 3 aromatic carbocycles. The van der Waals surface area contributed by atoms with Gasteiger partial charge in [-0.2, -0.15) is 0 Å². The summed E-state index contributed by atoms with van der Waals surface area (Å²) in [6, 6.07) is 25.7. The maximum absolute atomic E-state index is 13.2. The second kappa shape index (κ2) is 13.9. The summed E-state index contributed by atoms with van der Waals surface area (Å²) in [6.45, 7) is 2.41. The van der Waals surface area contributed by atoms with E-state index < -0.39 is 5.97 Å². The number of ether oxygens (including phenoxy) is 1. The van der Waals surface area contributed by atoms with Gasteiger partial charge < -0.3 is 15.2 Å². The number of carbonyl (C=O) groups excluding carboxylic acids is 2. The zero-order chi connectivity index (χ0) is 29.2. The van der Waals surface area contributed by atoms with Crippen LogP contribution in [0.3, 0.4) is 0 Å². The lowest BCUT2D eigenvalue weighted by Gasteiger charge is -2.19. The molecule has 0 bridgehead atoms. The summed E-state index contributed by atoms with van der Waals surface area (Å²) < 4.78 is 5.85. The third-order valence-electron chi connectivity index (χ3n) is 6.59. The molecule has 0 aliphatic heterocycles. The monoisotopic (exact) mass is 551 g/mol. The van der Waals surface area contributed by atoms with Crippen molar-refractivity contribution in [2.24, 2.45) is 0 Å². The Morgan fingerprint density at radius 3 is 2.34 bits per heavy atom. The summed E-state index contributed by atoms with van der Waals surface area (Å²) >= 11 is 0. The van der Waals surface area contributed by atoms with Gasteiger partial charge in [0, 0.05) is 36.5 Å². The fraction of sp³-hybridized carbons (Fsp3) is 0.212. The quantitative estimate of drug-likeness (QED) is 0.192. The predicted octanol–water partition coefficient (Wildman–Crippen LogP) is 6.61. The fourth-order valence-corrected chi connectivity index (χ4v) is 4.33. The molecule has 0 radical (unpaired) electrons. The van der Waals surface area contributed by atoms with E-state index in [2.05, 4.69) is 10.3 Å². The van der Waals surface area contributed by atoms with Gasteiger partial charge in [-0.25, -0.2) is 4.98 Å². The number of anilines is 2. The lowest BCUT2D eigenvalue weighted by Crippen LogP contribution is -2.27. The van der Waals surface area contributed by atoms with Crippen molar-refractivity contribution in [1.82, 2.24) is 4.98 Å². The first-order chi connectivity index (χ1) is 19.8. The number of aliphatic carboxylic acids is 1. The van der Waals surface area contributed by atoms with Gasteiger partial charge in [-0.1, -0.05) is 48.0 Å². The Morgan fingerprint density at radius 2 is 1.61 bits per heavy atom. The molecule has 8 nitrogen and oxygen atoms in total. The van der Waals surface area contributed by atoms with E-state index in [1.807, 2.05) is 49.4 Å². The molecule has 0 unspecified atom stereocenters. The van der Waals surface area contributed by atoms with Crippen LogP contribution in [-0.4, -0.2) is 41.5 Å². The first-order valence-corrected chi connectivity index (χ1v) is 13.5. The highest BCUT2D eigenvalue weighted by Gasteiger charge is 2.19. The number of carboxylic acids is 1. The number of amides is 2. The van der Waals surface area contributed by atoms with Gasteiger partial charge in [0.05, 0.1) is 6.61 Å². The van der Waals surface area contributed by atoms with Gasteiger partial charge in [0.25, 0.3) is 11.8 Å². The molecule has 0 aliphatic rings. The summed E-state index contributed by atoms with van der Waals surface area (Å²) in [4.78, 5) is 42.8. The molecular formula is C33H33N3O5. The van der Waals surface area contributed by atoms with Crippen molar-refractivity contribution in [2.45, 2.75) is 32.6 Å². The molecule has 2 N–H and O–H groups in total. The number of carboxylic acid groups (broad SMARTS) is 1. The van der Waals surface area contributed by atoms with Gasteiger partial charge in [0.15, 0.2) is 11.6 Å². The van der Waals surface area contributed by atoms with E-state index in [0.717, 1.165) is 23.1 Å². The van der Waals surface area contributed by atoms with Crippen LogP contribution in [0.15, 0.2) is 91.1 Å². The highest BCUT2D eigenvalue weighted by atomic mass is 16.5. The van der Waals surface area contributed by atoms with Gasteiger partial charge >= 0.3 is 5.97 Å². The van der Waals surface area contributed by atoms with Gasteiger partial charge in [-0.05, 0) is 79.8 Å². The molecule has 4 aromatic rings. The molecule has 4 rings (SSSR count). The number of carbonyl (C=O) groups is 3. The van der Waals surface area contributed by atoms with Gasteiger partial charge in [0.1, 0.15) is 0 Å². The average molecular weight is 552 g/mol. The van der Waals surface area contributed by atoms with E-state index in [0.29, 0.717) is 47.8 Å². The van der Waals surface area contributed by atoms with E-state index in [1.165, 1.54) is 4.90 Å². The number of benzene rings is 3. The van der Waals surface area contributed by atoms with E-state index >= 15 is 0 Å². The molecular weight excluding hydrogens is 518 g/mol. The fourth-order valence-electron chi connectivity index (χ4n) is 4.33. The van der Waals surface area contributed by atoms with Crippen LogP contribution in [0.5, 0.6) is 5.75 Å². The van der Waals surface area contributed by atoms with Crippen molar-refractivity contribution in [1.29, 1.82) is 0 Å². The molecule has 0 atom stereocenters. The minimum atomic E-state index is -0.806. The number of unbranched alkanes of at least 4 members (excludes halogenated alkanes) is 2. The Kier molecular flexibility index (Phi) is 9.83. The molecule has 0 saturated carbocycles. The number of nitrogens with one attached hydrogen (secondary N) is 1. The standard InChI is InChI=1S/C33H33N3O5/c1-23-13-15-24(16-14-23)27-9-5-6-10-28(27)32(39)35-26-19-17-25(18-20-26)33(40)36(2)31-29(11-8-21-34-31)41-22-7-3-4-12-30(37)38/h5-6,8-11,13-21H,3-4,7,12,22H2,1-2H3,(H,35,39)(H,37,38). The second-order valence-corrected chi connectivity index (χ2v) is 9.69. The third kappa shape index (κ3) is 7.79. The molecule has 8 heteroatoms. The number of nitrogens with zero attached hydrogens (tertiary/aromatic N) is 2. The number of hydrogen-bond acceptors (Lipinski definition) is 5. The molecule has 210 valence electrons. The number of rotatable bonds is 12. The predicted molar refractivity (Wildman–Crippen MR) is 160 cm³/mol. The van der Waals surface area contributed by atoms with Crippen molar-refractivity contribution in [3.63, 3.8) is 0 Å². The molecule has 0 aliphatic carbocycles. The largest absolute Gasteiger partial charge is 0.490 e. The van der Waals surface area contributed by atoms with Crippen molar-refractivity contribution in [2.75, 3.05) is 23.9 Å². The molecule has 2 amide bonds. The zero-order valence-corrected chi connectivity index (χ0v) is 23.2. The van der Waals surface area contributed by atoms with E-state index in [1.54, 1.807) is 55.7 Å². The molecule has 0 spiro atoms. The van der Waals surface area contributed by atoms with Crippen molar-refractivity contribution < 1.29 is 24.2 Å². The van der Waals surface area contributed by atoms with Crippen LogP contribution in [0.2, 0.25) is 0 Å². The SMILES string of the molecule is Cc1ccc(-c2ccccc2C(=O)Nc2ccc(C(=O)N(C)c3ncccc3OCCCCCC(=O)O)cc2)cc1. The number of aromatic nitrogens is 1. The van der Waals surface area contributed by atoms with E-state index in [4.69, 9.17) is 9.84 Å². The van der Waals surface area contributed by atoms with Crippen LogP contribution in [-0.2, 0) is 4.79 Å². The van der Waals surface area contributed by atoms with Crippen molar-refractivity contribution in [3.05, 3.63) is 108 Å². The summed E-state index contributed by atoms with van der Waals surface area (Å²) in [5, 5.41) is 11.7.